The number of aliphatic imine (C=N–C) groups is 1. The van der Waals surface area contributed by atoms with Crippen LogP contribution in [0.4, 0.5) is 5.69 Å². The normalized spacial score (nSPS) is 14.3. The molecule has 0 spiro atoms. The second kappa shape index (κ2) is 10.4. The molecule has 2 heterocycles. The number of nitrogens with one attached hydrogen (secondary N) is 2. The largest absolute Gasteiger partial charge is 0.505 e. The van der Waals surface area contributed by atoms with Gasteiger partial charge < -0.3 is 24.9 Å². The lowest BCUT2D eigenvalue weighted by Crippen LogP contribution is -2.34. The minimum Gasteiger partial charge on any atom is -0.505 e. The topological polar surface area (TPSA) is 130 Å². The Kier molecular flexibility index (Phi) is 7.57. The molecule has 9 nitrogen and oxygen atoms in total. The Morgan fingerprint density at radius 2 is 1.91 bits per heavy atom. The van der Waals surface area contributed by atoms with Crippen LogP contribution in [-0.2, 0) is 25.7 Å². The number of hydrogen-bond donors (Lipinski definition) is 3. The summed E-state index contributed by atoms with van der Waals surface area (Å²) in [5.74, 6) is -2.07. The van der Waals surface area contributed by atoms with Crippen molar-refractivity contribution in [3.05, 3.63) is 68.9 Å². The zero-order valence-electron chi connectivity index (χ0n) is 17.6. The van der Waals surface area contributed by atoms with E-state index in [0.717, 1.165) is 0 Å². The number of nitrogens with zero attached hydrogens (tertiary/aromatic N) is 1. The number of furan rings is 1. The van der Waals surface area contributed by atoms with Crippen molar-refractivity contribution in [3.63, 3.8) is 0 Å². The molecule has 3 N–H and O–H groups in total. The van der Waals surface area contributed by atoms with Crippen LogP contribution in [0.2, 0.25) is 10.0 Å². The number of carbonyl (C=O) groups excluding carboxylic acids is 3. The number of halogens is 2. The lowest BCUT2D eigenvalue weighted by Gasteiger charge is -2.06. The van der Waals surface area contributed by atoms with Gasteiger partial charge in [0, 0.05) is 11.8 Å². The molecule has 11 heteroatoms. The average Bonchev–Trinajstić information content (AvgIpc) is 3.32. The van der Waals surface area contributed by atoms with Gasteiger partial charge in [0.2, 0.25) is 0 Å². The Labute approximate surface area is 198 Å². The highest BCUT2D eigenvalue weighted by Crippen LogP contribution is 2.27. The van der Waals surface area contributed by atoms with Gasteiger partial charge in [0.25, 0.3) is 0 Å². The predicted molar refractivity (Wildman–Crippen MR) is 123 cm³/mol. The molecular formula is C22H19Cl2N3O6. The number of benzene rings is 1. The molecule has 0 bridgehead atoms. The fourth-order valence-electron chi connectivity index (χ4n) is 2.85. The molecule has 0 atom stereocenters. The van der Waals surface area contributed by atoms with Gasteiger partial charge >= 0.3 is 17.8 Å². The van der Waals surface area contributed by atoms with E-state index in [2.05, 4.69) is 15.6 Å². The highest BCUT2D eigenvalue weighted by atomic mass is 35.5. The first-order valence-electron chi connectivity index (χ1n) is 9.70. The third-order valence-corrected chi connectivity index (χ3v) is 5.12. The highest BCUT2D eigenvalue weighted by Gasteiger charge is 2.27. The number of anilines is 1. The summed E-state index contributed by atoms with van der Waals surface area (Å²) in [4.78, 5) is 40.2. The third-order valence-electron chi connectivity index (χ3n) is 4.38. The van der Waals surface area contributed by atoms with Gasteiger partial charge in [-0.1, -0.05) is 23.2 Å². The maximum absolute atomic E-state index is 12.1. The van der Waals surface area contributed by atoms with Crippen molar-refractivity contribution in [3.8, 4) is 0 Å². The van der Waals surface area contributed by atoms with Crippen LogP contribution in [0.1, 0.15) is 25.4 Å². The Morgan fingerprint density at radius 1 is 1.15 bits per heavy atom. The van der Waals surface area contributed by atoms with Gasteiger partial charge in [0.1, 0.15) is 22.8 Å². The summed E-state index contributed by atoms with van der Waals surface area (Å²) >= 11 is 11.7. The summed E-state index contributed by atoms with van der Waals surface area (Å²) in [5.41, 5.74) is 0.778. The smallest absolute Gasteiger partial charge is 0.343 e. The molecule has 172 valence electrons. The minimum absolute atomic E-state index is 0.00451. The van der Waals surface area contributed by atoms with E-state index in [-0.39, 0.29) is 35.2 Å². The van der Waals surface area contributed by atoms with E-state index in [1.54, 1.807) is 26.0 Å². The van der Waals surface area contributed by atoms with Crippen molar-refractivity contribution in [1.82, 2.24) is 5.32 Å². The van der Waals surface area contributed by atoms with Gasteiger partial charge in [-0.25, -0.2) is 9.79 Å². The number of rotatable bonds is 6. The molecule has 3 rings (SSSR count). The number of ether oxygens (including phenoxy) is 1. The van der Waals surface area contributed by atoms with E-state index in [1.165, 1.54) is 24.3 Å². The van der Waals surface area contributed by atoms with Crippen LogP contribution in [0.3, 0.4) is 0 Å². The monoisotopic (exact) mass is 491 g/mol. The van der Waals surface area contributed by atoms with Crippen LogP contribution >= 0.6 is 23.2 Å². The first-order chi connectivity index (χ1) is 15.7. The van der Waals surface area contributed by atoms with Crippen molar-refractivity contribution >= 4 is 58.5 Å². The van der Waals surface area contributed by atoms with E-state index in [0.29, 0.717) is 27.9 Å². The molecule has 1 aromatic carbocycles. The maximum Gasteiger partial charge on any atom is 0.343 e. The lowest BCUT2D eigenvalue weighted by molar-refractivity contribution is -0.138. The van der Waals surface area contributed by atoms with E-state index >= 15 is 0 Å². The van der Waals surface area contributed by atoms with Crippen molar-refractivity contribution < 1.29 is 28.6 Å². The summed E-state index contributed by atoms with van der Waals surface area (Å²) in [6, 6.07) is 7.60. The number of aliphatic hydroxyl groups excluding tert-OH is 1. The fourth-order valence-corrected chi connectivity index (χ4v) is 3.15. The molecule has 0 radical (unpaired) electrons. The van der Waals surface area contributed by atoms with Crippen LogP contribution in [0.25, 0.3) is 6.08 Å². The zero-order chi connectivity index (χ0) is 24.1. The van der Waals surface area contributed by atoms with E-state index in [9.17, 15) is 19.5 Å². The molecule has 0 saturated carbocycles. The second-order valence-electron chi connectivity index (χ2n) is 6.74. The van der Waals surface area contributed by atoms with Crippen molar-refractivity contribution in [2.24, 2.45) is 4.99 Å². The number of hydrogen-bond acceptors (Lipinski definition) is 7. The van der Waals surface area contributed by atoms with E-state index < -0.39 is 17.8 Å². The van der Waals surface area contributed by atoms with Gasteiger partial charge in [-0.2, -0.15) is 0 Å². The first-order valence-corrected chi connectivity index (χ1v) is 10.5. The summed E-state index contributed by atoms with van der Waals surface area (Å²) in [6.07, 6.45) is 1.44. The van der Waals surface area contributed by atoms with E-state index in [1.807, 2.05) is 0 Å². The summed E-state index contributed by atoms with van der Waals surface area (Å²) < 4.78 is 10.5. The number of amides is 2. The highest BCUT2D eigenvalue weighted by molar-refractivity contribution is 6.43. The Hall–Kier alpha value is -3.56. The van der Waals surface area contributed by atoms with Crippen LogP contribution < -0.4 is 10.6 Å². The van der Waals surface area contributed by atoms with Crippen LogP contribution in [0.15, 0.2) is 56.8 Å². The summed E-state index contributed by atoms with van der Waals surface area (Å²) in [6.45, 7) is 3.35. The fraction of sp³-hybridized carbons (Fsp3) is 0.182. The molecule has 1 aliphatic rings. The second-order valence-corrected chi connectivity index (χ2v) is 7.56. The van der Waals surface area contributed by atoms with Crippen LogP contribution in [0.5, 0.6) is 0 Å². The van der Waals surface area contributed by atoms with Crippen molar-refractivity contribution in [2.45, 2.75) is 20.4 Å². The van der Waals surface area contributed by atoms with Gasteiger partial charge in [0.15, 0.2) is 5.76 Å². The predicted octanol–water partition coefficient (Wildman–Crippen LogP) is 4.03. The molecule has 0 fully saturated rings. The SMILES string of the molecule is CCOC(=O)C1=C(O)/C(=C\c2ccc(CNC(=O)C(=O)Nc3ccc(Cl)c(Cl)c3)o2)N=C1C. The molecule has 0 unspecified atom stereocenters. The molecular weight excluding hydrogens is 473 g/mol. The minimum atomic E-state index is -0.889. The van der Waals surface area contributed by atoms with Gasteiger partial charge in [-0.3, -0.25) is 9.59 Å². The summed E-state index contributed by atoms with van der Waals surface area (Å²) in [7, 11) is 0. The van der Waals surface area contributed by atoms with E-state index in [4.69, 9.17) is 32.4 Å². The average molecular weight is 492 g/mol. The number of aliphatic hydroxyl groups is 1. The zero-order valence-corrected chi connectivity index (χ0v) is 19.1. The molecule has 33 heavy (non-hydrogen) atoms. The van der Waals surface area contributed by atoms with Crippen molar-refractivity contribution in [1.29, 1.82) is 0 Å². The first kappa shape index (κ1) is 24.1. The molecule has 2 amide bonds. The van der Waals surface area contributed by atoms with Crippen LogP contribution in [0, 0.1) is 0 Å². The standard InChI is InChI=1S/C22H19Cl2N3O6/c1-3-32-22(31)18-11(2)26-17(19(18)28)9-13-5-6-14(33-13)10-25-20(29)21(30)27-12-4-7-15(23)16(24)8-12/h4-9,28H,3,10H2,1-2H3,(H,25,29)(H,27,30)/b17-9+. The molecule has 0 aliphatic carbocycles. The van der Waals surface area contributed by atoms with Gasteiger partial charge in [0.05, 0.1) is 28.9 Å². The third kappa shape index (κ3) is 5.82. The molecule has 2 aromatic rings. The quantitative estimate of drug-likeness (QED) is 0.412. The number of carbonyl (C=O) groups is 3. The molecule has 0 saturated heterocycles. The van der Waals surface area contributed by atoms with Crippen molar-refractivity contribution in [2.75, 3.05) is 11.9 Å². The molecule has 1 aliphatic heterocycles. The van der Waals surface area contributed by atoms with Gasteiger partial charge in [-0.15, -0.1) is 0 Å². The van der Waals surface area contributed by atoms with Crippen LogP contribution in [-0.4, -0.2) is 35.2 Å². The molecule has 1 aromatic heterocycles. The maximum atomic E-state index is 12.1. The Morgan fingerprint density at radius 3 is 2.61 bits per heavy atom. The Bertz CT molecular complexity index is 1210. The van der Waals surface area contributed by atoms with Gasteiger partial charge in [-0.05, 0) is 44.2 Å². The summed E-state index contributed by atoms with van der Waals surface area (Å²) in [5, 5.41) is 15.7. The number of esters is 1. The lowest BCUT2D eigenvalue weighted by atomic mass is 10.1. The Balaban J connectivity index is 1.61.